The summed E-state index contributed by atoms with van der Waals surface area (Å²) in [5, 5.41) is 6.89. The number of aromatic nitrogens is 4. The average Bonchev–Trinajstić information content (AvgIpc) is 2.87. The van der Waals surface area contributed by atoms with E-state index in [4.69, 9.17) is 16.3 Å². The molecule has 0 radical (unpaired) electrons. The zero-order valence-electron chi connectivity index (χ0n) is 10.4. The van der Waals surface area contributed by atoms with Gasteiger partial charge in [-0.3, -0.25) is 4.79 Å². The van der Waals surface area contributed by atoms with Crippen molar-refractivity contribution in [2.75, 3.05) is 14.2 Å². The maximum atomic E-state index is 11.4. The molecule has 2 heterocycles. The van der Waals surface area contributed by atoms with E-state index >= 15 is 0 Å². The Morgan fingerprint density at radius 3 is 3.00 bits per heavy atom. The summed E-state index contributed by atoms with van der Waals surface area (Å²) < 4.78 is 6.41. The molecule has 2 rings (SSSR count). The van der Waals surface area contributed by atoms with Crippen molar-refractivity contribution < 1.29 is 9.53 Å². The van der Waals surface area contributed by atoms with Gasteiger partial charge in [0.05, 0.1) is 0 Å². The van der Waals surface area contributed by atoms with Crippen LogP contribution in [0.25, 0.3) is 5.82 Å². The van der Waals surface area contributed by atoms with Crippen molar-refractivity contribution in [2.45, 2.75) is 6.61 Å². The summed E-state index contributed by atoms with van der Waals surface area (Å²) in [6.45, 7) is 0.247. The van der Waals surface area contributed by atoms with Crippen molar-refractivity contribution in [1.29, 1.82) is 0 Å². The van der Waals surface area contributed by atoms with Crippen molar-refractivity contribution in [3.8, 4) is 5.82 Å². The molecule has 7 nitrogen and oxygen atoms in total. The van der Waals surface area contributed by atoms with E-state index in [0.29, 0.717) is 17.3 Å². The molecule has 19 heavy (non-hydrogen) atoms. The summed E-state index contributed by atoms with van der Waals surface area (Å²) in [7, 11) is 3.08. The van der Waals surface area contributed by atoms with Gasteiger partial charge in [-0.05, 0) is 6.07 Å². The van der Waals surface area contributed by atoms with E-state index in [1.54, 1.807) is 32.5 Å². The van der Waals surface area contributed by atoms with E-state index < -0.39 is 0 Å². The highest BCUT2D eigenvalue weighted by Crippen LogP contribution is 2.12. The number of nitrogens with one attached hydrogen (secondary N) is 1. The Balaban J connectivity index is 2.35. The van der Waals surface area contributed by atoms with E-state index in [-0.39, 0.29) is 17.7 Å². The molecule has 0 spiro atoms. The Morgan fingerprint density at radius 1 is 1.53 bits per heavy atom. The summed E-state index contributed by atoms with van der Waals surface area (Å²) in [4.78, 5) is 19.7. The third-order valence-corrected chi connectivity index (χ3v) is 2.48. The van der Waals surface area contributed by atoms with Crippen LogP contribution in [-0.2, 0) is 11.3 Å². The van der Waals surface area contributed by atoms with E-state index in [1.807, 2.05) is 0 Å². The SMILES string of the molecule is CNC(=O)c1ccn(-c2cc(Cl)nc(COC)n2)n1. The first kappa shape index (κ1) is 13.4. The molecular formula is C11H12ClN5O2. The predicted molar refractivity (Wildman–Crippen MR) is 68.3 cm³/mol. The minimum absolute atomic E-state index is 0.247. The van der Waals surface area contributed by atoms with Gasteiger partial charge in [-0.15, -0.1) is 0 Å². The number of hydrogen-bond acceptors (Lipinski definition) is 5. The summed E-state index contributed by atoms with van der Waals surface area (Å²) in [5.41, 5.74) is 0.297. The van der Waals surface area contributed by atoms with Gasteiger partial charge in [0.15, 0.2) is 17.3 Å². The van der Waals surface area contributed by atoms with Gasteiger partial charge in [0.1, 0.15) is 11.8 Å². The molecule has 0 bridgehead atoms. The molecule has 0 aliphatic heterocycles. The molecule has 0 fully saturated rings. The molecule has 8 heteroatoms. The van der Waals surface area contributed by atoms with Crippen LogP contribution in [0.2, 0.25) is 5.15 Å². The van der Waals surface area contributed by atoms with Crippen LogP contribution in [0.3, 0.4) is 0 Å². The molecule has 100 valence electrons. The first-order valence-electron chi connectivity index (χ1n) is 5.44. The number of nitrogens with zero attached hydrogens (tertiary/aromatic N) is 4. The second kappa shape index (κ2) is 5.77. The summed E-state index contributed by atoms with van der Waals surface area (Å²) in [5.74, 6) is 0.653. The molecule has 0 aliphatic carbocycles. The normalized spacial score (nSPS) is 10.5. The minimum atomic E-state index is -0.268. The fraction of sp³-hybridized carbons (Fsp3) is 0.273. The Bertz CT molecular complexity index is 599. The summed E-state index contributed by atoms with van der Waals surface area (Å²) >= 11 is 5.91. The lowest BCUT2D eigenvalue weighted by Gasteiger charge is -2.04. The monoisotopic (exact) mass is 281 g/mol. The molecule has 0 atom stereocenters. The maximum Gasteiger partial charge on any atom is 0.271 e. The summed E-state index contributed by atoms with van der Waals surface area (Å²) in [6.07, 6.45) is 1.62. The molecule has 0 aromatic carbocycles. The molecule has 0 saturated heterocycles. The third kappa shape index (κ3) is 3.07. The zero-order valence-corrected chi connectivity index (χ0v) is 11.2. The smallest absolute Gasteiger partial charge is 0.271 e. The topological polar surface area (TPSA) is 81.9 Å². The van der Waals surface area contributed by atoms with Crippen molar-refractivity contribution in [3.63, 3.8) is 0 Å². The van der Waals surface area contributed by atoms with Gasteiger partial charge in [-0.25, -0.2) is 14.6 Å². The Labute approximate surface area is 114 Å². The molecular weight excluding hydrogens is 270 g/mol. The van der Waals surface area contributed by atoms with E-state index in [2.05, 4.69) is 20.4 Å². The number of halogens is 1. The first-order valence-corrected chi connectivity index (χ1v) is 5.82. The van der Waals surface area contributed by atoms with Crippen LogP contribution in [0.5, 0.6) is 0 Å². The van der Waals surface area contributed by atoms with E-state index in [9.17, 15) is 4.79 Å². The predicted octanol–water partition coefficient (Wildman–Crippen LogP) is 0.822. The Morgan fingerprint density at radius 2 is 2.32 bits per heavy atom. The first-order chi connectivity index (χ1) is 9.13. The number of methoxy groups -OCH3 is 1. The lowest BCUT2D eigenvalue weighted by Crippen LogP contribution is -2.18. The maximum absolute atomic E-state index is 11.4. The highest BCUT2D eigenvalue weighted by atomic mass is 35.5. The number of amides is 1. The van der Waals surface area contributed by atoms with Crippen LogP contribution in [0.15, 0.2) is 18.3 Å². The summed E-state index contributed by atoms with van der Waals surface area (Å²) in [6, 6.07) is 3.15. The van der Waals surface area contributed by atoms with E-state index in [1.165, 1.54) is 4.68 Å². The van der Waals surface area contributed by atoms with Crippen molar-refractivity contribution >= 4 is 17.5 Å². The van der Waals surface area contributed by atoms with Crippen LogP contribution in [0, 0.1) is 0 Å². The molecule has 1 N–H and O–H groups in total. The molecule has 2 aromatic rings. The lowest BCUT2D eigenvalue weighted by molar-refractivity contribution is 0.0957. The molecule has 0 saturated carbocycles. The van der Waals surface area contributed by atoms with Crippen LogP contribution in [0.4, 0.5) is 0 Å². The van der Waals surface area contributed by atoms with Gasteiger partial charge in [0.2, 0.25) is 0 Å². The molecule has 0 aliphatic rings. The molecule has 0 unspecified atom stereocenters. The fourth-order valence-electron chi connectivity index (χ4n) is 1.46. The van der Waals surface area contributed by atoms with Crippen LogP contribution < -0.4 is 5.32 Å². The highest BCUT2D eigenvalue weighted by molar-refractivity contribution is 6.29. The number of carbonyl (C=O) groups excluding carboxylic acids is 1. The van der Waals surface area contributed by atoms with Crippen LogP contribution in [0.1, 0.15) is 16.3 Å². The van der Waals surface area contributed by atoms with Gasteiger partial charge in [0.25, 0.3) is 5.91 Å². The Kier molecular flexibility index (Phi) is 4.08. The number of rotatable bonds is 4. The average molecular weight is 282 g/mol. The standard InChI is InChI=1S/C11H12ClN5O2/c1-13-11(18)7-3-4-17(16-7)10-5-8(12)14-9(15-10)6-19-2/h3-5H,6H2,1-2H3,(H,13,18). The lowest BCUT2D eigenvalue weighted by atomic mass is 10.4. The number of hydrogen-bond donors (Lipinski definition) is 1. The quantitative estimate of drug-likeness (QED) is 0.839. The third-order valence-electron chi connectivity index (χ3n) is 2.28. The van der Waals surface area contributed by atoms with Crippen molar-refractivity contribution in [3.05, 3.63) is 35.0 Å². The van der Waals surface area contributed by atoms with E-state index in [0.717, 1.165) is 0 Å². The van der Waals surface area contributed by atoms with Gasteiger partial charge >= 0.3 is 0 Å². The van der Waals surface area contributed by atoms with Gasteiger partial charge in [-0.2, -0.15) is 5.10 Å². The van der Waals surface area contributed by atoms with Gasteiger partial charge in [-0.1, -0.05) is 11.6 Å². The van der Waals surface area contributed by atoms with Crippen LogP contribution >= 0.6 is 11.6 Å². The number of ether oxygens (including phenoxy) is 1. The van der Waals surface area contributed by atoms with Gasteiger partial charge in [0, 0.05) is 26.4 Å². The second-order valence-corrected chi connectivity index (χ2v) is 4.01. The molecule has 1 amide bonds. The number of carbonyl (C=O) groups is 1. The van der Waals surface area contributed by atoms with Crippen molar-refractivity contribution in [2.24, 2.45) is 0 Å². The Hall–Kier alpha value is -1.99. The molecule has 2 aromatic heterocycles. The largest absolute Gasteiger partial charge is 0.377 e. The van der Waals surface area contributed by atoms with Crippen molar-refractivity contribution in [1.82, 2.24) is 25.1 Å². The minimum Gasteiger partial charge on any atom is -0.377 e. The second-order valence-electron chi connectivity index (χ2n) is 3.62. The fourth-order valence-corrected chi connectivity index (χ4v) is 1.66. The highest BCUT2D eigenvalue weighted by Gasteiger charge is 2.10. The van der Waals surface area contributed by atoms with Crippen LogP contribution in [-0.4, -0.2) is 39.8 Å². The van der Waals surface area contributed by atoms with Gasteiger partial charge < -0.3 is 10.1 Å². The zero-order chi connectivity index (χ0) is 13.8.